The van der Waals surface area contributed by atoms with Gasteiger partial charge in [-0.2, -0.15) is 5.10 Å². The minimum absolute atomic E-state index is 0.130. The minimum Gasteiger partial charge on any atom is -0.257 e. The summed E-state index contributed by atoms with van der Waals surface area (Å²) in [6, 6.07) is 27.1. The van der Waals surface area contributed by atoms with Crippen LogP contribution in [-0.4, -0.2) is 5.71 Å². The van der Waals surface area contributed by atoms with Crippen LogP contribution in [0, 0.1) is 0 Å². The fourth-order valence-electron chi connectivity index (χ4n) is 4.74. The summed E-state index contributed by atoms with van der Waals surface area (Å²) in [6.07, 6.45) is 5.26. The van der Waals surface area contributed by atoms with Crippen molar-refractivity contribution >= 4 is 17.5 Å². The quantitative estimate of drug-likeness (QED) is 0.354. The molecule has 1 aliphatic heterocycles. The fraction of sp³-hybridized carbons (Fsp3) is 0.400. The molecule has 0 aliphatic carbocycles. The number of hydrazone groups is 1. The molecular formula is C35H44N2. The molecule has 1 atom stereocenters. The standard InChI is InChI=1S/C35H44N2/c1-33(2,3)27-15-10-25(11-16-27)12-21-30-24-32(26-13-17-28(18-14-26)34(4,5)6)37(36-30)31-22-19-29(20-23-31)35(7,8)9/h10-23,32H,24H2,1-9H3. The maximum Gasteiger partial charge on any atom is 0.0831 e. The molecule has 2 heteroatoms. The van der Waals surface area contributed by atoms with Crippen molar-refractivity contribution in [3.63, 3.8) is 0 Å². The van der Waals surface area contributed by atoms with Crippen LogP contribution >= 0.6 is 0 Å². The predicted octanol–water partition coefficient (Wildman–Crippen LogP) is 9.60. The Hall–Kier alpha value is -3.13. The number of benzene rings is 3. The van der Waals surface area contributed by atoms with E-state index in [0.717, 1.165) is 17.8 Å². The SMILES string of the molecule is CC(C)(C)c1ccc(C=CC2=NN(c3ccc(C(C)(C)C)cc3)C(c3ccc(C(C)(C)C)cc3)C2)cc1. The van der Waals surface area contributed by atoms with Crippen LogP contribution in [0.25, 0.3) is 6.08 Å². The first kappa shape index (κ1) is 26.9. The third-order valence-corrected chi connectivity index (χ3v) is 7.34. The van der Waals surface area contributed by atoms with Crippen LogP contribution < -0.4 is 5.01 Å². The van der Waals surface area contributed by atoms with E-state index in [0.29, 0.717) is 0 Å². The molecule has 3 aromatic rings. The first-order valence-corrected chi connectivity index (χ1v) is 13.6. The van der Waals surface area contributed by atoms with E-state index < -0.39 is 0 Å². The molecule has 1 aliphatic rings. The van der Waals surface area contributed by atoms with Gasteiger partial charge in [-0.3, -0.25) is 5.01 Å². The van der Waals surface area contributed by atoms with Gasteiger partial charge >= 0.3 is 0 Å². The fourth-order valence-corrected chi connectivity index (χ4v) is 4.74. The van der Waals surface area contributed by atoms with Gasteiger partial charge in [0.05, 0.1) is 17.4 Å². The van der Waals surface area contributed by atoms with Gasteiger partial charge in [0.25, 0.3) is 0 Å². The summed E-state index contributed by atoms with van der Waals surface area (Å²) in [6.45, 7) is 20.3. The van der Waals surface area contributed by atoms with Crippen molar-refractivity contribution < 1.29 is 0 Å². The highest BCUT2D eigenvalue weighted by molar-refractivity contribution is 6.01. The van der Waals surface area contributed by atoms with E-state index in [-0.39, 0.29) is 22.3 Å². The third-order valence-electron chi connectivity index (χ3n) is 7.34. The lowest BCUT2D eigenvalue weighted by molar-refractivity contribution is 0.588. The highest BCUT2D eigenvalue weighted by atomic mass is 15.5. The normalized spacial score (nSPS) is 16.9. The number of hydrogen-bond donors (Lipinski definition) is 0. The van der Waals surface area contributed by atoms with E-state index in [1.54, 1.807) is 0 Å². The molecule has 0 N–H and O–H groups in total. The maximum atomic E-state index is 5.11. The largest absolute Gasteiger partial charge is 0.257 e. The van der Waals surface area contributed by atoms with E-state index in [1.807, 2.05) is 0 Å². The molecule has 1 unspecified atom stereocenters. The van der Waals surface area contributed by atoms with Gasteiger partial charge in [0.2, 0.25) is 0 Å². The second-order valence-corrected chi connectivity index (χ2v) is 13.5. The molecule has 37 heavy (non-hydrogen) atoms. The number of hydrogen-bond acceptors (Lipinski definition) is 2. The highest BCUT2D eigenvalue weighted by Gasteiger charge is 2.29. The van der Waals surface area contributed by atoms with Crippen LogP contribution in [0.15, 0.2) is 84.0 Å². The lowest BCUT2D eigenvalue weighted by atomic mass is 9.86. The zero-order chi connectivity index (χ0) is 27.0. The van der Waals surface area contributed by atoms with E-state index in [1.165, 1.54) is 27.8 Å². The predicted molar refractivity (Wildman–Crippen MR) is 162 cm³/mol. The molecule has 0 amide bonds. The lowest BCUT2D eigenvalue weighted by Gasteiger charge is -2.26. The second kappa shape index (κ2) is 9.97. The van der Waals surface area contributed by atoms with Gasteiger partial charge in [0.1, 0.15) is 0 Å². The van der Waals surface area contributed by atoms with Crippen LogP contribution in [0.4, 0.5) is 5.69 Å². The minimum atomic E-state index is 0.130. The van der Waals surface area contributed by atoms with Crippen molar-refractivity contribution in [3.8, 4) is 0 Å². The summed E-state index contributed by atoms with van der Waals surface area (Å²) < 4.78 is 0. The van der Waals surface area contributed by atoms with Crippen molar-refractivity contribution in [2.75, 3.05) is 5.01 Å². The molecule has 0 saturated heterocycles. The van der Waals surface area contributed by atoms with Crippen LogP contribution in [0.5, 0.6) is 0 Å². The molecular weight excluding hydrogens is 448 g/mol. The average molecular weight is 493 g/mol. The van der Waals surface area contributed by atoms with Crippen molar-refractivity contribution in [1.82, 2.24) is 0 Å². The molecule has 0 saturated carbocycles. The van der Waals surface area contributed by atoms with Gasteiger partial charge in [-0.05, 0) is 62.3 Å². The zero-order valence-corrected chi connectivity index (χ0v) is 24.3. The number of allylic oxidation sites excluding steroid dienone is 1. The summed E-state index contributed by atoms with van der Waals surface area (Å²) in [7, 11) is 0. The smallest absolute Gasteiger partial charge is 0.0831 e. The summed E-state index contributed by atoms with van der Waals surface area (Å²) in [4.78, 5) is 0. The van der Waals surface area contributed by atoms with Crippen molar-refractivity contribution in [2.24, 2.45) is 5.10 Å². The first-order chi connectivity index (χ1) is 17.2. The summed E-state index contributed by atoms with van der Waals surface area (Å²) in [5.41, 5.74) is 9.22. The Morgan fingerprint density at radius 1 is 0.595 bits per heavy atom. The lowest BCUT2D eigenvalue weighted by Crippen LogP contribution is -2.19. The second-order valence-electron chi connectivity index (χ2n) is 13.5. The van der Waals surface area contributed by atoms with Crippen molar-refractivity contribution in [1.29, 1.82) is 0 Å². The topological polar surface area (TPSA) is 15.6 Å². The number of nitrogens with zero attached hydrogens (tertiary/aromatic N) is 2. The zero-order valence-electron chi connectivity index (χ0n) is 24.3. The summed E-state index contributed by atoms with van der Waals surface area (Å²) in [5, 5.41) is 7.32. The van der Waals surface area contributed by atoms with E-state index in [2.05, 4.69) is 152 Å². The van der Waals surface area contributed by atoms with E-state index >= 15 is 0 Å². The van der Waals surface area contributed by atoms with Gasteiger partial charge in [-0.1, -0.05) is 129 Å². The van der Waals surface area contributed by atoms with Crippen molar-refractivity contribution in [2.45, 2.75) is 91.0 Å². The van der Waals surface area contributed by atoms with Crippen LogP contribution in [0.3, 0.4) is 0 Å². The van der Waals surface area contributed by atoms with E-state index in [9.17, 15) is 0 Å². The summed E-state index contributed by atoms with van der Waals surface area (Å²) in [5.74, 6) is 0. The van der Waals surface area contributed by atoms with Crippen molar-refractivity contribution in [3.05, 3.63) is 107 Å². The molecule has 0 radical (unpaired) electrons. The number of anilines is 1. The molecule has 4 rings (SSSR count). The third kappa shape index (κ3) is 6.42. The molecule has 0 aromatic heterocycles. The molecule has 0 spiro atoms. The molecule has 3 aromatic carbocycles. The summed E-state index contributed by atoms with van der Waals surface area (Å²) >= 11 is 0. The van der Waals surface area contributed by atoms with Crippen LogP contribution in [-0.2, 0) is 16.2 Å². The van der Waals surface area contributed by atoms with Crippen LogP contribution in [0.1, 0.15) is 103 Å². The molecule has 0 bridgehead atoms. The van der Waals surface area contributed by atoms with E-state index in [4.69, 9.17) is 5.10 Å². The monoisotopic (exact) mass is 492 g/mol. The van der Waals surface area contributed by atoms with Gasteiger partial charge in [-0.25, -0.2) is 0 Å². The van der Waals surface area contributed by atoms with Gasteiger partial charge in [0, 0.05) is 6.42 Å². The Morgan fingerprint density at radius 2 is 1.03 bits per heavy atom. The Kier molecular flexibility index (Phi) is 7.25. The first-order valence-electron chi connectivity index (χ1n) is 13.6. The van der Waals surface area contributed by atoms with Gasteiger partial charge in [-0.15, -0.1) is 0 Å². The Labute approximate surface area is 225 Å². The van der Waals surface area contributed by atoms with Gasteiger partial charge < -0.3 is 0 Å². The van der Waals surface area contributed by atoms with Crippen LogP contribution in [0.2, 0.25) is 0 Å². The highest BCUT2D eigenvalue weighted by Crippen LogP contribution is 2.37. The Balaban J connectivity index is 1.63. The Morgan fingerprint density at radius 3 is 1.49 bits per heavy atom. The maximum absolute atomic E-state index is 5.11. The molecule has 0 fully saturated rings. The molecule has 2 nitrogen and oxygen atoms in total. The molecule has 1 heterocycles. The molecule has 194 valence electrons. The average Bonchev–Trinajstić information content (AvgIpc) is 3.26. The van der Waals surface area contributed by atoms with Gasteiger partial charge in [0.15, 0.2) is 0 Å². The Bertz CT molecular complexity index is 1250. The number of rotatable bonds is 4.